The maximum Gasteiger partial charge on any atom is 0.261 e. The summed E-state index contributed by atoms with van der Waals surface area (Å²) in [4.78, 5) is 19.2. The van der Waals surface area contributed by atoms with Crippen LogP contribution in [0.2, 0.25) is 0 Å². The topological polar surface area (TPSA) is 57.2 Å². The second kappa shape index (κ2) is 2.39. The van der Waals surface area contributed by atoms with Gasteiger partial charge in [-0.05, 0) is 6.92 Å². The summed E-state index contributed by atoms with van der Waals surface area (Å²) < 4.78 is 0. The Morgan fingerprint density at radius 1 is 1.57 bits per heavy atom. The lowest BCUT2D eigenvalue weighted by molar-refractivity contribution is -0.234. The van der Waals surface area contributed by atoms with Gasteiger partial charge in [0, 0.05) is 5.87 Å². The van der Waals surface area contributed by atoms with Crippen LogP contribution in [0.25, 0.3) is 0 Å². The van der Waals surface area contributed by atoms with E-state index >= 15 is 0 Å². The Hall–Kier alpha value is -0.795. The molecular formula is C3H3BO3-. The lowest BCUT2D eigenvalue weighted by atomic mass is 9.75. The molecule has 0 unspecified atom stereocenters. The standard InChI is InChI=1S/C3H4BO3/c1-2(5)4-3(6)7/h1H3,(H,6,7)/p-1. The molecule has 7 heavy (non-hydrogen) atoms. The molecule has 37 valence electrons. The summed E-state index contributed by atoms with van der Waals surface area (Å²) in [6.07, 6.45) is 0. The van der Waals surface area contributed by atoms with Gasteiger partial charge in [-0.25, -0.2) is 0 Å². The van der Waals surface area contributed by atoms with Gasteiger partial charge in [0.05, 0.1) is 5.68 Å². The van der Waals surface area contributed by atoms with Gasteiger partial charge in [-0.1, -0.05) is 0 Å². The lowest BCUT2D eigenvalue weighted by Crippen LogP contribution is -2.31. The molecular weight excluding hydrogens is 94.8 g/mol. The van der Waals surface area contributed by atoms with Gasteiger partial charge in [0.15, 0.2) is 0 Å². The van der Waals surface area contributed by atoms with Crippen molar-refractivity contribution < 1.29 is 14.7 Å². The zero-order chi connectivity index (χ0) is 5.86. The van der Waals surface area contributed by atoms with Crippen molar-refractivity contribution in [3.05, 3.63) is 0 Å². The van der Waals surface area contributed by atoms with Crippen molar-refractivity contribution in [3.63, 3.8) is 0 Å². The number of hydrogen-bond acceptors (Lipinski definition) is 3. The molecule has 0 saturated heterocycles. The van der Waals surface area contributed by atoms with Crippen LogP contribution >= 0.6 is 0 Å². The van der Waals surface area contributed by atoms with Crippen LogP contribution < -0.4 is 5.11 Å². The molecule has 0 atom stereocenters. The monoisotopic (exact) mass is 98.0 g/mol. The third kappa shape index (κ3) is 5.20. The molecule has 0 rings (SSSR count). The number of carbonyl (C=O) groups excluding carboxylic acids is 2. The van der Waals surface area contributed by atoms with Crippen molar-refractivity contribution in [3.8, 4) is 0 Å². The van der Waals surface area contributed by atoms with Crippen molar-refractivity contribution in [1.29, 1.82) is 0 Å². The van der Waals surface area contributed by atoms with Gasteiger partial charge in [-0.15, -0.1) is 0 Å². The first-order valence-corrected chi connectivity index (χ1v) is 1.69. The minimum Gasteiger partial charge on any atom is -0.561 e. The largest absolute Gasteiger partial charge is 0.561 e. The van der Waals surface area contributed by atoms with Crippen molar-refractivity contribution in [2.24, 2.45) is 0 Å². The summed E-state index contributed by atoms with van der Waals surface area (Å²) in [5.41, 5.74) is -0.500. The Morgan fingerprint density at radius 3 is 2.00 bits per heavy atom. The van der Waals surface area contributed by atoms with Crippen LogP contribution in [0.4, 0.5) is 4.79 Å². The van der Waals surface area contributed by atoms with Gasteiger partial charge < -0.3 is 14.7 Å². The number of hydrogen-bond donors (Lipinski definition) is 0. The van der Waals surface area contributed by atoms with E-state index < -0.39 is 11.6 Å². The van der Waals surface area contributed by atoms with Crippen LogP contribution in [-0.2, 0) is 4.79 Å². The molecule has 0 aliphatic carbocycles. The van der Waals surface area contributed by atoms with E-state index in [0.29, 0.717) is 7.28 Å². The number of carboxylic acid groups (broad SMARTS) is 1. The van der Waals surface area contributed by atoms with Crippen molar-refractivity contribution >= 4 is 18.8 Å². The average molecular weight is 97.9 g/mol. The molecule has 0 amide bonds. The van der Waals surface area contributed by atoms with Crippen LogP contribution in [-0.4, -0.2) is 18.8 Å². The zero-order valence-corrected chi connectivity index (χ0v) is 3.80. The van der Waals surface area contributed by atoms with Gasteiger partial charge in [-0.2, -0.15) is 0 Å². The molecule has 0 heterocycles. The fraction of sp³-hybridized carbons (Fsp3) is 0.333. The summed E-state index contributed by atoms with van der Waals surface area (Å²) in [5.74, 6) is -1.44. The van der Waals surface area contributed by atoms with E-state index in [1.807, 2.05) is 0 Å². The van der Waals surface area contributed by atoms with Crippen LogP contribution in [0, 0.1) is 0 Å². The van der Waals surface area contributed by atoms with E-state index in [0.717, 1.165) is 6.92 Å². The minimum atomic E-state index is -1.44. The molecule has 3 nitrogen and oxygen atoms in total. The Bertz CT molecular complexity index is 86.4. The molecule has 0 N–H and O–H groups in total. The summed E-state index contributed by atoms with van der Waals surface area (Å²) in [7, 11) is 0.500. The van der Waals surface area contributed by atoms with Crippen LogP contribution in [0.5, 0.6) is 0 Å². The smallest absolute Gasteiger partial charge is 0.261 e. The third-order valence-corrected chi connectivity index (χ3v) is 0.321. The van der Waals surface area contributed by atoms with Crippen molar-refractivity contribution in [1.82, 2.24) is 0 Å². The normalized spacial score (nSPS) is 7.57. The maximum atomic E-state index is 9.78. The van der Waals surface area contributed by atoms with Crippen LogP contribution in [0.3, 0.4) is 0 Å². The quantitative estimate of drug-likeness (QED) is 0.398. The predicted molar refractivity (Wildman–Crippen MR) is 21.8 cm³/mol. The summed E-state index contributed by atoms with van der Waals surface area (Å²) in [6.45, 7) is 1.15. The molecule has 1 radical (unpaired) electrons. The van der Waals surface area contributed by atoms with E-state index in [-0.39, 0.29) is 0 Å². The van der Waals surface area contributed by atoms with Crippen LogP contribution in [0.15, 0.2) is 0 Å². The van der Waals surface area contributed by atoms with Gasteiger partial charge >= 0.3 is 0 Å². The van der Waals surface area contributed by atoms with Gasteiger partial charge in [0.2, 0.25) is 0 Å². The Balaban J connectivity index is 3.32. The van der Waals surface area contributed by atoms with E-state index in [9.17, 15) is 14.7 Å². The fourth-order valence-electron chi connectivity index (χ4n) is 0.166. The van der Waals surface area contributed by atoms with Crippen molar-refractivity contribution in [2.45, 2.75) is 6.92 Å². The van der Waals surface area contributed by atoms with Gasteiger partial charge in [0.25, 0.3) is 7.28 Å². The molecule has 0 spiro atoms. The first-order valence-electron chi connectivity index (χ1n) is 1.69. The van der Waals surface area contributed by atoms with E-state index in [1.165, 1.54) is 0 Å². The highest BCUT2D eigenvalue weighted by atomic mass is 16.4. The highest BCUT2D eigenvalue weighted by molar-refractivity contribution is 6.95. The SMILES string of the molecule is CC(=O)[B]C(=O)[O-]. The molecule has 4 heteroatoms. The van der Waals surface area contributed by atoms with E-state index in [4.69, 9.17) is 0 Å². The lowest BCUT2D eigenvalue weighted by Gasteiger charge is -1.90. The molecule has 0 aromatic rings. The second-order valence-corrected chi connectivity index (χ2v) is 1.07. The third-order valence-electron chi connectivity index (χ3n) is 0.321. The highest BCUT2D eigenvalue weighted by Crippen LogP contribution is 1.61. The number of carbonyl (C=O) groups is 2. The van der Waals surface area contributed by atoms with E-state index in [2.05, 4.69) is 0 Å². The summed E-state index contributed by atoms with van der Waals surface area (Å²) in [6, 6.07) is 0. The minimum absolute atomic E-state index is 0.500. The fourth-order valence-corrected chi connectivity index (χ4v) is 0.166. The molecule has 0 aromatic heterocycles. The van der Waals surface area contributed by atoms with Gasteiger partial charge in [-0.3, -0.25) is 0 Å². The molecule has 0 aliphatic rings. The van der Waals surface area contributed by atoms with Crippen molar-refractivity contribution in [2.75, 3.05) is 0 Å². The Labute approximate surface area is 41.6 Å². The average Bonchev–Trinajstić information content (AvgIpc) is 1.27. The molecule has 0 aliphatic heterocycles. The highest BCUT2D eigenvalue weighted by Gasteiger charge is 1.93. The van der Waals surface area contributed by atoms with Gasteiger partial charge in [0.1, 0.15) is 0 Å². The molecule has 0 saturated carbocycles. The van der Waals surface area contributed by atoms with E-state index in [1.54, 1.807) is 0 Å². The first kappa shape index (κ1) is 6.20. The molecule has 0 bridgehead atoms. The molecule has 0 aromatic carbocycles. The Kier molecular flexibility index (Phi) is 2.12. The summed E-state index contributed by atoms with van der Waals surface area (Å²) >= 11 is 0. The zero-order valence-electron chi connectivity index (χ0n) is 3.80. The first-order chi connectivity index (χ1) is 3.13. The summed E-state index contributed by atoms with van der Waals surface area (Å²) in [5, 5.41) is 9.42. The van der Waals surface area contributed by atoms with Crippen LogP contribution in [0.1, 0.15) is 6.92 Å². The predicted octanol–water partition coefficient (Wildman–Crippen LogP) is -1.42. The second-order valence-electron chi connectivity index (χ2n) is 1.07. The molecule has 0 fully saturated rings. The Morgan fingerprint density at radius 2 is 2.00 bits per heavy atom. The maximum absolute atomic E-state index is 9.78. The number of rotatable bonds is 2.